The van der Waals surface area contributed by atoms with E-state index in [0.717, 1.165) is 17.8 Å². The number of rotatable bonds is 1. The Hall–Kier alpha value is -2.57. The standard InChI is InChI=1S/C25H20N2O.HI/c1-16-21(27-15-26(2)22-9-5-6-10-23(22)27)12-11-19-20-13-17-7-3-4-8-18(17)14-24(20)28-25(16)19;/h3-14H,15H2,1-2H3;1H. The topological polar surface area (TPSA) is 20.8 Å². The molecule has 2 heterocycles. The number of hydrogen-bond donors (Lipinski definition) is 1. The van der Waals surface area contributed by atoms with E-state index in [1.807, 2.05) is 0 Å². The highest BCUT2D eigenvalue weighted by atomic mass is 127. The van der Waals surface area contributed by atoms with Crippen LogP contribution in [0.4, 0.5) is 17.1 Å². The van der Waals surface area contributed by atoms with Crippen molar-refractivity contribution < 1.29 is 33.3 Å². The minimum Gasteiger partial charge on any atom is -1.00 e. The largest absolute Gasteiger partial charge is 1.00 e. The summed E-state index contributed by atoms with van der Waals surface area (Å²) in [5.41, 5.74) is 6.99. The predicted octanol–water partition coefficient (Wildman–Crippen LogP) is 2.31. The summed E-state index contributed by atoms with van der Waals surface area (Å²) in [6, 6.07) is 26.0. The Balaban J connectivity index is 0.00000181. The fourth-order valence-corrected chi connectivity index (χ4v) is 4.63. The highest BCUT2D eigenvalue weighted by molar-refractivity contribution is 6.11. The lowest BCUT2D eigenvalue weighted by Gasteiger charge is -2.19. The van der Waals surface area contributed by atoms with Crippen molar-refractivity contribution >= 4 is 49.8 Å². The summed E-state index contributed by atoms with van der Waals surface area (Å²) < 4.78 is 6.37. The predicted molar refractivity (Wildman–Crippen MR) is 116 cm³/mol. The second-order valence-electron chi connectivity index (χ2n) is 7.77. The van der Waals surface area contributed by atoms with Crippen LogP contribution in [0.25, 0.3) is 32.7 Å². The number of furan rings is 1. The van der Waals surface area contributed by atoms with Gasteiger partial charge in [-0.05, 0) is 48.0 Å². The lowest BCUT2D eigenvalue weighted by molar-refractivity contribution is -0.802. The van der Waals surface area contributed by atoms with Crippen molar-refractivity contribution in [3.63, 3.8) is 0 Å². The minimum atomic E-state index is 0. The first-order valence-electron chi connectivity index (χ1n) is 9.75. The van der Waals surface area contributed by atoms with Crippen molar-refractivity contribution in [2.75, 3.05) is 18.6 Å². The van der Waals surface area contributed by atoms with E-state index < -0.39 is 0 Å². The summed E-state index contributed by atoms with van der Waals surface area (Å²) in [5.74, 6) is 0. The zero-order valence-corrected chi connectivity index (χ0v) is 18.5. The van der Waals surface area contributed by atoms with Gasteiger partial charge in [-0.2, -0.15) is 0 Å². The third-order valence-corrected chi connectivity index (χ3v) is 6.07. The molecule has 0 bridgehead atoms. The zero-order valence-electron chi connectivity index (χ0n) is 16.4. The number of fused-ring (bicyclic) bond motifs is 5. The third kappa shape index (κ3) is 2.66. The van der Waals surface area contributed by atoms with Crippen molar-refractivity contribution in [1.82, 2.24) is 0 Å². The maximum absolute atomic E-state index is 6.37. The van der Waals surface area contributed by atoms with E-state index in [-0.39, 0.29) is 24.0 Å². The molecule has 3 nitrogen and oxygen atoms in total. The van der Waals surface area contributed by atoms with Crippen LogP contribution in [0.3, 0.4) is 0 Å². The summed E-state index contributed by atoms with van der Waals surface area (Å²) in [6.07, 6.45) is 0. The molecular weight excluding hydrogens is 471 g/mol. The molecule has 4 aromatic carbocycles. The maximum Gasteiger partial charge on any atom is 0.162 e. The Morgan fingerprint density at radius 3 is 2.38 bits per heavy atom. The van der Waals surface area contributed by atoms with Gasteiger partial charge in [0, 0.05) is 22.4 Å². The second kappa shape index (κ2) is 6.75. The first-order chi connectivity index (χ1) is 13.7. The molecule has 29 heavy (non-hydrogen) atoms. The van der Waals surface area contributed by atoms with Crippen molar-refractivity contribution in [3.05, 3.63) is 78.4 Å². The fourth-order valence-electron chi connectivity index (χ4n) is 4.63. The molecule has 0 aliphatic carbocycles. The van der Waals surface area contributed by atoms with Gasteiger partial charge in [0.1, 0.15) is 16.9 Å². The summed E-state index contributed by atoms with van der Waals surface area (Å²) in [5, 5.41) is 4.84. The van der Waals surface area contributed by atoms with Gasteiger partial charge < -0.3 is 28.4 Å². The summed E-state index contributed by atoms with van der Waals surface area (Å²) >= 11 is 0. The highest BCUT2D eigenvalue weighted by Gasteiger charge is 2.30. The normalized spacial score (nSPS) is 15.8. The lowest BCUT2D eigenvalue weighted by atomic mass is 10.0. The van der Waals surface area contributed by atoms with E-state index >= 15 is 0 Å². The van der Waals surface area contributed by atoms with E-state index in [4.69, 9.17) is 4.42 Å². The Bertz CT molecular complexity index is 1390. The molecule has 1 aliphatic rings. The van der Waals surface area contributed by atoms with Gasteiger partial charge in [0.15, 0.2) is 12.4 Å². The zero-order chi connectivity index (χ0) is 18.8. The van der Waals surface area contributed by atoms with Gasteiger partial charge in [0.05, 0.1) is 12.7 Å². The van der Waals surface area contributed by atoms with Gasteiger partial charge >= 0.3 is 0 Å². The number of hydrogen-bond acceptors (Lipinski definition) is 2. The molecule has 144 valence electrons. The van der Waals surface area contributed by atoms with Crippen LogP contribution in [0.15, 0.2) is 77.2 Å². The number of halogens is 1. The van der Waals surface area contributed by atoms with Crippen LogP contribution in [0.1, 0.15) is 5.56 Å². The van der Waals surface area contributed by atoms with E-state index in [1.165, 1.54) is 49.1 Å². The summed E-state index contributed by atoms with van der Waals surface area (Å²) in [7, 11) is 2.22. The van der Waals surface area contributed by atoms with Crippen LogP contribution in [0.2, 0.25) is 0 Å². The molecule has 0 fully saturated rings. The van der Waals surface area contributed by atoms with E-state index in [2.05, 4.69) is 91.7 Å². The summed E-state index contributed by atoms with van der Waals surface area (Å²) in [4.78, 5) is 3.81. The highest BCUT2D eigenvalue weighted by Crippen LogP contribution is 2.40. The van der Waals surface area contributed by atoms with Crippen LogP contribution in [-0.2, 0) is 0 Å². The van der Waals surface area contributed by atoms with Crippen LogP contribution < -0.4 is 33.8 Å². The third-order valence-electron chi connectivity index (χ3n) is 6.07. The molecule has 1 aliphatic heterocycles. The molecule has 0 amide bonds. The first kappa shape index (κ1) is 18.5. The van der Waals surface area contributed by atoms with Crippen LogP contribution in [-0.4, -0.2) is 13.7 Å². The smallest absolute Gasteiger partial charge is 0.162 e. The van der Waals surface area contributed by atoms with Crippen LogP contribution in [0, 0.1) is 6.92 Å². The van der Waals surface area contributed by atoms with Crippen molar-refractivity contribution in [2.24, 2.45) is 0 Å². The van der Waals surface area contributed by atoms with Crippen LogP contribution in [0.5, 0.6) is 0 Å². The van der Waals surface area contributed by atoms with Crippen molar-refractivity contribution in [1.29, 1.82) is 0 Å². The molecule has 1 atom stereocenters. The van der Waals surface area contributed by atoms with Gasteiger partial charge in [-0.25, -0.2) is 0 Å². The number of nitrogens with one attached hydrogen (secondary N) is 1. The Kier molecular flexibility index (Phi) is 4.29. The molecule has 1 aromatic heterocycles. The number of aryl methyl sites for hydroxylation is 1. The van der Waals surface area contributed by atoms with Gasteiger partial charge in [-0.1, -0.05) is 36.4 Å². The minimum absolute atomic E-state index is 0. The quantitative estimate of drug-likeness (QED) is 0.363. The molecule has 0 spiro atoms. The van der Waals surface area contributed by atoms with E-state index in [9.17, 15) is 0 Å². The Morgan fingerprint density at radius 2 is 1.55 bits per heavy atom. The average molecular weight is 492 g/mol. The van der Waals surface area contributed by atoms with Crippen molar-refractivity contribution in [2.45, 2.75) is 6.92 Å². The second-order valence-corrected chi connectivity index (χ2v) is 7.77. The Labute approximate surface area is 186 Å². The monoisotopic (exact) mass is 492 g/mol. The summed E-state index contributed by atoms with van der Waals surface area (Å²) in [6.45, 7) is 3.10. The average Bonchev–Trinajstić information content (AvgIpc) is 3.25. The molecule has 0 saturated heterocycles. The molecule has 5 aromatic rings. The molecule has 0 saturated carbocycles. The first-order valence-corrected chi connectivity index (χ1v) is 9.75. The molecule has 6 rings (SSSR count). The molecule has 0 radical (unpaired) electrons. The number of nitrogens with zero attached hydrogens (tertiary/aromatic N) is 1. The van der Waals surface area contributed by atoms with Gasteiger partial charge in [-0.15, -0.1) is 0 Å². The number of benzene rings is 4. The Morgan fingerprint density at radius 1 is 0.828 bits per heavy atom. The molecule has 1 N–H and O–H groups in total. The van der Waals surface area contributed by atoms with Gasteiger partial charge in [0.25, 0.3) is 0 Å². The van der Waals surface area contributed by atoms with E-state index in [0.29, 0.717) is 0 Å². The molecule has 1 unspecified atom stereocenters. The van der Waals surface area contributed by atoms with Crippen LogP contribution >= 0.6 is 0 Å². The number of anilines is 2. The molecule has 4 heteroatoms. The lowest BCUT2D eigenvalue weighted by Crippen LogP contribution is -3.03. The fraction of sp³-hybridized carbons (Fsp3) is 0.120. The van der Waals surface area contributed by atoms with Gasteiger partial charge in [0.2, 0.25) is 0 Å². The van der Waals surface area contributed by atoms with Gasteiger partial charge in [-0.3, -0.25) is 9.80 Å². The molecular formula is C25H21IN2O. The number of quaternary nitrogens is 1. The van der Waals surface area contributed by atoms with Crippen molar-refractivity contribution in [3.8, 4) is 0 Å². The SMILES string of the molecule is Cc1c(N2C[NH+](C)c3ccccc32)ccc2c1oc1cc3ccccc3cc12.[I-]. The number of para-hydroxylation sites is 2. The maximum atomic E-state index is 6.37. The van der Waals surface area contributed by atoms with E-state index in [1.54, 1.807) is 0 Å².